The molecule has 9 heavy (non-hydrogen) atoms. The average molecular weight is 194 g/mol. The number of carbonyl (C=O) groups is 1. The van der Waals surface area contributed by atoms with E-state index in [4.69, 9.17) is 4.74 Å². The third-order valence-corrected chi connectivity index (χ3v) is 1.75. The van der Waals surface area contributed by atoms with Gasteiger partial charge < -0.3 is 4.74 Å². The monoisotopic (exact) mass is 193 g/mol. The van der Waals surface area contributed by atoms with E-state index in [0.717, 1.165) is 6.42 Å². The van der Waals surface area contributed by atoms with Crippen molar-refractivity contribution in [3.05, 3.63) is 0 Å². The number of nitrogens with zero attached hydrogens (tertiary/aromatic N) is 1. The molecule has 0 aromatic carbocycles. The zero-order chi connectivity index (χ0) is 6.69. The van der Waals surface area contributed by atoms with E-state index in [1.165, 1.54) is 3.93 Å². The summed E-state index contributed by atoms with van der Waals surface area (Å²) in [4.78, 5) is 10.8. The Morgan fingerprint density at radius 3 is 3.22 bits per heavy atom. The fraction of sp³-hybridized carbons (Fsp3) is 0.800. The normalized spacial score (nSPS) is 21.9. The first-order chi connectivity index (χ1) is 4.30. The summed E-state index contributed by atoms with van der Waals surface area (Å²) >= 11 is 3.06. The Hall–Kier alpha value is -0.0900. The predicted octanol–water partition coefficient (Wildman–Crippen LogP) is 0.893. The van der Waals surface area contributed by atoms with Crippen LogP contribution in [0.1, 0.15) is 12.8 Å². The summed E-state index contributed by atoms with van der Waals surface area (Å²) in [6.07, 6.45) is 1.42. The molecule has 0 aromatic heterocycles. The number of halogens is 1. The third kappa shape index (κ3) is 1.95. The molecular formula is C5H8BrNO2. The van der Waals surface area contributed by atoms with Gasteiger partial charge in [-0.3, -0.25) is 8.72 Å². The van der Waals surface area contributed by atoms with Gasteiger partial charge >= 0.3 is 0 Å². The zero-order valence-corrected chi connectivity index (χ0v) is 6.56. The highest BCUT2D eigenvalue weighted by Gasteiger charge is 2.12. The molecule has 1 aliphatic rings. The second-order valence-corrected chi connectivity index (χ2v) is 2.75. The van der Waals surface area contributed by atoms with Gasteiger partial charge in [0.05, 0.1) is 16.1 Å². The first-order valence-electron chi connectivity index (χ1n) is 2.84. The molecule has 1 saturated heterocycles. The molecule has 0 atom stereocenters. The number of amides is 1. The Labute approximate surface area is 62.3 Å². The summed E-state index contributed by atoms with van der Waals surface area (Å²) in [7, 11) is 0. The maximum Gasteiger partial charge on any atom is 0.234 e. The van der Waals surface area contributed by atoms with E-state index < -0.39 is 0 Å². The second kappa shape index (κ2) is 3.17. The van der Waals surface area contributed by atoms with Crippen LogP contribution in [0.4, 0.5) is 0 Å². The van der Waals surface area contributed by atoms with Crippen LogP contribution in [-0.4, -0.2) is 23.2 Å². The largest absolute Gasteiger partial charge is 0.360 e. The molecule has 3 nitrogen and oxygen atoms in total. The lowest BCUT2D eigenvalue weighted by atomic mass is 10.3. The van der Waals surface area contributed by atoms with E-state index >= 15 is 0 Å². The third-order valence-electron chi connectivity index (χ3n) is 1.15. The summed E-state index contributed by atoms with van der Waals surface area (Å²) < 4.78 is 6.45. The van der Waals surface area contributed by atoms with E-state index in [0.29, 0.717) is 19.8 Å². The van der Waals surface area contributed by atoms with Crippen molar-refractivity contribution >= 4 is 22.1 Å². The molecule has 1 amide bonds. The van der Waals surface area contributed by atoms with Crippen LogP contribution in [0.5, 0.6) is 0 Å². The number of hydrogen-bond acceptors (Lipinski definition) is 2. The Bertz CT molecular complexity index is 118. The van der Waals surface area contributed by atoms with Crippen molar-refractivity contribution in [2.24, 2.45) is 0 Å². The van der Waals surface area contributed by atoms with Gasteiger partial charge in [0.2, 0.25) is 5.91 Å². The first kappa shape index (κ1) is 7.02. The van der Waals surface area contributed by atoms with Gasteiger partial charge in [0.25, 0.3) is 0 Å². The minimum Gasteiger partial charge on any atom is -0.360 e. The minimum atomic E-state index is 0.104. The van der Waals surface area contributed by atoms with Crippen LogP contribution in [0, 0.1) is 0 Å². The van der Waals surface area contributed by atoms with Crippen molar-refractivity contribution < 1.29 is 9.53 Å². The topological polar surface area (TPSA) is 29.5 Å². The summed E-state index contributed by atoms with van der Waals surface area (Å²) in [5.74, 6) is 0.104. The number of carbonyl (C=O) groups excluding carboxylic acids is 1. The maximum atomic E-state index is 10.8. The molecule has 0 saturated carbocycles. The Morgan fingerprint density at radius 1 is 1.67 bits per heavy atom. The lowest BCUT2D eigenvalue weighted by Crippen LogP contribution is -2.19. The highest BCUT2D eigenvalue weighted by molar-refractivity contribution is 9.07. The Morgan fingerprint density at radius 2 is 2.44 bits per heavy atom. The van der Waals surface area contributed by atoms with E-state index in [2.05, 4.69) is 16.1 Å². The summed E-state index contributed by atoms with van der Waals surface area (Å²) in [5.41, 5.74) is 0. The first-order valence-corrected chi connectivity index (χ1v) is 3.55. The highest BCUT2D eigenvalue weighted by atomic mass is 79.9. The molecule has 0 unspecified atom stereocenters. The molecule has 1 rings (SSSR count). The van der Waals surface area contributed by atoms with Gasteiger partial charge in [0.15, 0.2) is 0 Å². The van der Waals surface area contributed by atoms with Crippen molar-refractivity contribution in [2.75, 3.05) is 13.3 Å². The van der Waals surface area contributed by atoms with E-state index in [9.17, 15) is 4.79 Å². The molecule has 0 bridgehead atoms. The SMILES string of the molecule is O=C1CCCOCN1Br. The fourth-order valence-electron chi connectivity index (χ4n) is 0.663. The van der Waals surface area contributed by atoms with Crippen LogP contribution in [0.25, 0.3) is 0 Å². The molecular weight excluding hydrogens is 186 g/mol. The van der Waals surface area contributed by atoms with Crippen LogP contribution in [0.2, 0.25) is 0 Å². The maximum absolute atomic E-state index is 10.8. The van der Waals surface area contributed by atoms with Crippen molar-refractivity contribution in [1.29, 1.82) is 0 Å². The predicted molar refractivity (Wildman–Crippen MR) is 35.8 cm³/mol. The van der Waals surface area contributed by atoms with Gasteiger partial charge in [0, 0.05) is 13.0 Å². The molecule has 0 N–H and O–H groups in total. The van der Waals surface area contributed by atoms with Gasteiger partial charge in [-0.2, -0.15) is 0 Å². The highest BCUT2D eigenvalue weighted by Crippen LogP contribution is 2.07. The fourth-order valence-corrected chi connectivity index (χ4v) is 0.986. The molecule has 52 valence electrons. The quantitative estimate of drug-likeness (QED) is 0.536. The summed E-state index contributed by atoms with van der Waals surface area (Å²) in [6.45, 7) is 1.06. The zero-order valence-electron chi connectivity index (χ0n) is 4.97. The van der Waals surface area contributed by atoms with Crippen LogP contribution in [0.15, 0.2) is 0 Å². The van der Waals surface area contributed by atoms with E-state index in [1.54, 1.807) is 0 Å². The Balaban J connectivity index is 2.41. The van der Waals surface area contributed by atoms with Gasteiger partial charge in [-0.25, -0.2) is 0 Å². The molecule has 0 spiro atoms. The molecule has 1 aliphatic heterocycles. The molecule has 1 fully saturated rings. The lowest BCUT2D eigenvalue weighted by molar-refractivity contribution is -0.126. The van der Waals surface area contributed by atoms with Gasteiger partial charge in [-0.15, -0.1) is 0 Å². The van der Waals surface area contributed by atoms with Crippen LogP contribution in [-0.2, 0) is 9.53 Å². The molecule has 0 radical (unpaired) electrons. The van der Waals surface area contributed by atoms with E-state index in [1.807, 2.05) is 0 Å². The van der Waals surface area contributed by atoms with Crippen molar-refractivity contribution in [3.63, 3.8) is 0 Å². The minimum absolute atomic E-state index is 0.104. The van der Waals surface area contributed by atoms with Gasteiger partial charge in [-0.05, 0) is 6.42 Å². The molecule has 0 aromatic rings. The van der Waals surface area contributed by atoms with Crippen molar-refractivity contribution in [3.8, 4) is 0 Å². The van der Waals surface area contributed by atoms with Gasteiger partial charge in [0.1, 0.15) is 6.73 Å². The number of ether oxygens (including phenoxy) is 1. The standard InChI is InChI=1S/C5H8BrNO2/c6-7-4-9-3-1-2-5(7)8/h1-4H2. The summed E-state index contributed by atoms with van der Waals surface area (Å²) in [6, 6.07) is 0. The summed E-state index contributed by atoms with van der Waals surface area (Å²) in [5, 5.41) is 0. The smallest absolute Gasteiger partial charge is 0.234 e. The second-order valence-electron chi connectivity index (χ2n) is 1.90. The van der Waals surface area contributed by atoms with Crippen molar-refractivity contribution in [2.45, 2.75) is 12.8 Å². The number of hydrogen-bond donors (Lipinski definition) is 0. The molecule has 0 aliphatic carbocycles. The van der Waals surface area contributed by atoms with Crippen LogP contribution >= 0.6 is 16.1 Å². The van der Waals surface area contributed by atoms with Crippen LogP contribution < -0.4 is 0 Å². The molecule has 4 heteroatoms. The van der Waals surface area contributed by atoms with E-state index in [-0.39, 0.29) is 5.91 Å². The van der Waals surface area contributed by atoms with Gasteiger partial charge in [-0.1, -0.05) is 0 Å². The molecule has 1 heterocycles. The number of rotatable bonds is 0. The van der Waals surface area contributed by atoms with Crippen molar-refractivity contribution in [1.82, 2.24) is 3.93 Å². The van der Waals surface area contributed by atoms with Crippen LogP contribution in [0.3, 0.4) is 0 Å². The lowest BCUT2D eigenvalue weighted by Gasteiger charge is -2.08. The Kier molecular flexibility index (Phi) is 2.48. The average Bonchev–Trinajstić information content (AvgIpc) is 1.99.